The van der Waals surface area contributed by atoms with E-state index in [1.165, 1.54) is 0 Å². The van der Waals surface area contributed by atoms with Crippen LogP contribution < -0.4 is 24.8 Å². The van der Waals surface area contributed by atoms with E-state index in [0.717, 1.165) is 58.2 Å². The Kier molecular flexibility index (Phi) is 8.27. The zero-order valence-electron chi connectivity index (χ0n) is 17.1. The molecule has 0 saturated heterocycles. The van der Waals surface area contributed by atoms with Crippen molar-refractivity contribution in [2.24, 2.45) is 0 Å². The molecule has 5 rings (SSSR count). The summed E-state index contributed by atoms with van der Waals surface area (Å²) >= 11 is 0. The van der Waals surface area contributed by atoms with Gasteiger partial charge in [-0.15, -0.1) is 0 Å². The normalized spacial score (nSPS) is 10.4. The van der Waals surface area contributed by atoms with Crippen LogP contribution in [0.4, 0.5) is 0 Å². The molecule has 31 heavy (non-hydrogen) atoms. The van der Waals surface area contributed by atoms with Gasteiger partial charge in [0.1, 0.15) is 11.4 Å². The molecule has 0 aliphatic heterocycles. The first-order valence-electron chi connectivity index (χ1n) is 9.68. The predicted octanol–water partition coefficient (Wildman–Crippen LogP) is -0.840. The number of nitrogens with zero attached hydrogens (tertiary/aromatic N) is 5. The number of aryl methyl sites for hydroxylation is 2. The number of aromatic nitrogens is 5. The summed E-state index contributed by atoms with van der Waals surface area (Å²) in [6, 6.07) is 22.5. The number of fused-ring (bicyclic) bond motifs is 2. The molecule has 0 atom stereocenters. The first-order chi connectivity index (χ1) is 13.8. The SMILES string of the molecule is CCn1c(-c2cccc(-c3nc4ccccc4n3CC)n2)nc2ccccc21.[Cl-].[Cl-].[Fe+2]. The molecule has 2 aromatic carbocycles. The van der Waals surface area contributed by atoms with Gasteiger partial charge < -0.3 is 33.9 Å². The van der Waals surface area contributed by atoms with Crippen molar-refractivity contribution in [2.45, 2.75) is 26.9 Å². The van der Waals surface area contributed by atoms with Crippen LogP contribution >= 0.6 is 0 Å². The maximum Gasteiger partial charge on any atom is 2.00 e. The molecular formula is C23H21Cl2FeN5. The van der Waals surface area contributed by atoms with Crippen LogP contribution in [0, 0.1) is 0 Å². The summed E-state index contributed by atoms with van der Waals surface area (Å²) < 4.78 is 4.43. The van der Waals surface area contributed by atoms with Crippen LogP contribution in [0.15, 0.2) is 66.7 Å². The fraction of sp³-hybridized carbons (Fsp3) is 0.174. The van der Waals surface area contributed by atoms with Gasteiger partial charge >= 0.3 is 17.1 Å². The van der Waals surface area contributed by atoms with Crippen molar-refractivity contribution in [1.82, 2.24) is 24.1 Å². The van der Waals surface area contributed by atoms with E-state index in [2.05, 4.69) is 35.1 Å². The van der Waals surface area contributed by atoms with Crippen molar-refractivity contribution >= 4 is 22.1 Å². The molecule has 0 amide bonds. The van der Waals surface area contributed by atoms with E-state index in [1.54, 1.807) is 0 Å². The van der Waals surface area contributed by atoms with Crippen molar-refractivity contribution in [3.63, 3.8) is 0 Å². The van der Waals surface area contributed by atoms with Crippen molar-refractivity contribution in [1.29, 1.82) is 0 Å². The number of hydrogen-bond donors (Lipinski definition) is 0. The molecule has 0 aliphatic carbocycles. The van der Waals surface area contributed by atoms with Crippen molar-refractivity contribution in [2.75, 3.05) is 0 Å². The monoisotopic (exact) mass is 493 g/mol. The number of pyridine rings is 1. The van der Waals surface area contributed by atoms with Gasteiger partial charge in [-0.1, -0.05) is 30.3 Å². The van der Waals surface area contributed by atoms with Gasteiger partial charge in [0.15, 0.2) is 11.6 Å². The molecule has 0 unspecified atom stereocenters. The number of rotatable bonds is 4. The summed E-state index contributed by atoms with van der Waals surface area (Å²) in [5.74, 6) is 1.79. The van der Waals surface area contributed by atoms with E-state index in [-0.39, 0.29) is 41.9 Å². The minimum atomic E-state index is 0. The number of hydrogen-bond acceptors (Lipinski definition) is 3. The first kappa shape index (κ1) is 24.9. The zero-order chi connectivity index (χ0) is 19.1. The third-order valence-corrected chi connectivity index (χ3v) is 5.15. The second kappa shape index (κ2) is 10.3. The molecule has 5 nitrogen and oxygen atoms in total. The topological polar surface area (TPSA) is 48.5 Å². The fourth-order valence-corrected chi connectivity index (χ4v) is 3.87. The fourth-order valence-electron chi connectivity index (χ4n) is 3.87. The number of halogens is 2. The van der Waals surface area contributed by atoms with Crippen LogP contribution in [0.2, 0.25) is 0 Å². The molecule has 0 radical (unpaired) electrons. The Labute approximate surface area is 204 Å². The van der Waals surface area contributed by atoms with Gasteiger partial charge in [-0.05, 0) is 50.2 Å². The molecule has 3 aromatic heterocycles. The second-order valence-electron chi connectivity index (χ2n) is 6.74. The van der Waals surface area contributed by atoms with E-state index in [9.17, 15) is 0 Å². The molecule has 8 heteroatoms. The quantitative estimate of drug-likeness (QED) is 0.307. The number of para-hydroxylation sites is 4. The van der Waals surface area contributed by atoms with Crippen molar-refractivity contribution < 1.29 is 41.9 Å². The molecule has 0 saturated carbocycles. The summed E-state index contributed by atoms with van der Waals surface area (Å²) in [7, 11) is 0. The third-order valence-electron chi connectivity index (χ3n) is 5.15. The minimum absolute atomic E-state index is 0. The third kappa shape index (κ3) is 4.21. The Hall–Kier alpha value is -2.37. The smallest absolute Gasteiger partial charge is 1.00 e. The molecule has 0 spiro atoms. The molecule has 0 aliphatic rings. The number of imidazole rings is 2. The van der Waals surface area contributed by atoms with Crippen LogP contribution in [0.3, 0.4) is 0 Å². The van der Waals surface area contributed by atoms with Crippen LogP contribution in [-0.4, -0.2) is 24.1 Å². The number of benzene rings is 2. The van der Waals surface area contributed by atoms with Crippen LogP contribution in [0.25, 0.3) is 45.1 Å². The average Bonchev–Trinajstić information content (AvgIpc) is 3.32. The van der Waals surface area contributed by atoms with Gasteiger partial charge in [0.05, 0.1) is 22.1 Å². The molecule has 5 aromatic rings. The Morgan fingerprint density at radius 2 is 1.00 bits per heavy atom. The van der Waals surface area contributed by atoms with Gasteiger partial charge in [-0.25, -0.2) is 15.0 Å². The molecular weight excluding hydrogens is 473 g/mol. The van der Waals surface area contributed by atoms with E-state index < -0.39 is 0 Å². The van der Waals surface area contributed by atoms with E-state index in [0.29, 0.717) is 0 Å². The first-order valence-corrected chi connectivity index (χ1v) is 9.68. The van der Waals surface area contributed by atoms with Gasteiger partial charge in [-0.3, -0.25) is 0 Å². The van der Waals surface area contributed by atoms with E-state index >= 15 is 0 Å². The molecule has 0 N–H and O–H groups in total. The Balaban J connectivity index is 0.00000114. The zero-order valence-corrected chi connectivity index (χ0v) is 19.7. The Bertz CT molecular complexity index is 1210. The largest absolute Gasteiger partial charge is 2.00 e. The van der Waals surface area contributed by atoms with E-state index in [4.69, 9.17) is 15.0 Å². The van der Waals surface area contributed by atoms with Crippen LogP contribution in [0.1, 0.15) is 13.8 Å². The van der Waals surface area contributed by atoms with Gasteiger partial charge in [0, 0.05) is 13.1 Å². The van der Waals surface area contributed by atoms with Crippen molar-refractivity contribution in [3.05, 3.63) is 66.7 Å². The van der Waals surface area contributed by atoms with Gasteiger partial charge in [-0.2, -0.15) is 0 Å². The predicted molar refractivity (Wildman–Crippen MR) is 113 cm³/mol. The summed E-state index contributed by atoms with van der Waals surface area (Å²) in [5.41, 5.74) is 5.98. The van der Waals surface area contributed by atoms with Crippen LogP contribution in [0.5, 0.6) is 0 Å². The molecule has 0 bridgehead atoms. The van der Waals surface area contributed by atoms with Gasteiger partial charge in [0.25, 0.3) is 0 Å². The summed E-state index contributed by atoms with van der Waals surface area (Å²) in [6.45, 7) is 5.96. The molecule has 160 valence electrons. The maximum absolute atomic E-state index is 4.95. The molecule has 0 fully saturated rings. The maximum atomic E-state index is 4.95. The Morgan fingerprint density at radius 3 is 1.42 bits per heavy atom. The Morgan fingerprint density at radius 1 is 0.581 bits per heavy atom. The molecule has 3 heterocycles. The summed E-state index contributed by atoms with van der Waals surface area (Å²) in [4.78, 5) is 14.6. The van der Waals surface area contributed by atoms with E-state index in [1.807, 2.05) is 54.6 Å². The van der Waals surface area contributed by atoms with Gasteiger partial charge in [0.2, 0.25) is 0 Å². The minimum Gasteiger partial charge on any atom is -1.00 e. The standard InChI is InChI=1S/C23H21N5.2ClH.Fe/c1-3-27-20-14-7-5-10-16(20)25-22(27)18-12-9-13-19(24-18)23-26-17-11-6-8-15-21(17)28(23)4-2;;;/h5-15H,3-4H2,1-2H3;2*1H;/q;;;+2/p-2. The van der Waals surface area contributed by atoms with Crippen molar-refractivity contribution in [3.8, 4) is 23.0 Å². The second-order valence-corrected chi connectivity index (χ2v) is 6.74. The summed E-state index contributed by atoms with van der Waals surface area (Å²) in [6.07, 6.45) is 0. The summed E-state index contributed by atoms with van der Waals surface area (Å²) in [5, 5.41) is 0. The van der Waals surface area contributed by atoms with Crippen LogP contribution in [-0.2, 0) is 30.2 Å². The average molecular weight is 494 g/mol.